The number of hydrogen-bond acceptors (Lipinski definition) is 4. The number of aromatic nitrogens is 2. The van der Waals surface area contributed by atoms with Gasteiger partial charge in [-0.25, -0.2) is 0 Å². The molecule has 3 rings (SSSR count). The van der Waals surface area contributed by atoms with Crippen molar-refractivity contribution in [2.24, 2.45) is 7.05 Å². The van der Waals surface area contributed by atoms with Crippen LogP contribution in [0.4, 0.5) is 0 Å². The Morgan fingerprint density at radius 2 is 2.42 bits per heavy atom. The Bertz CT molecular complexity index is 533. The fourth-order valence-corrected chi connectivity index (χ4v) is 2.92. The number of hydrogen-bond donors (Lipinski definition) is 0. The molecule has 0 N–H and O–H groups in total. The summed E-state index contributed by atoms with van der Waals surface area (Å²) in [5, 5.41) is 4.37. The monoisotopic (exact) mass is 261 g/mol. The van der Waals surface area contributed by atoms with Gasteiger partial charge in [0.2, 0.25) is 0 Å². The molecular weight excluding hydrogens is 242 g/mol. The molecule has 0 unspecified atom stereocenters. The molecule has 5 nitrogen and oxygen atoms in total. The lowest BCUT2D eigenvalue weighted by molar-refractivity contribution is 0.128. The van der Waals surface area contributed by atoms with Crippen LogP contribution in [0.2, 0.25) is 0 Å². The van der Waals surface area contributed by atoms with Gasteiger partial charge >= 0.3 is 0 Å². The number of aryl methyl sites for hydroxylation is 1. The van der Waals surface area contributed by atoms with Crippen molar-refractivity contribution in [2.45, 2.75) is 19.0 Å². The molecule has 2 aromatic rings. The Morgan fingerprint density at radius 1 is 1.53 bits per heavy atom. The standard InChI is InChI=1S/C14H19N3O2/c1-16-14-11(6-15-16)7-17(8-12(14)10-18-2)9-13-4-3-5-19-13/h3-6,12H,7-10H2,1-2H3/t12-/m1/s1. The maximum atomic E-state index is 5.43. The highest BCUT2D eigenvalue weighted by molar-refractivity contribution is 5.25. The number of nitrogens with zero attached hydrogens (tertiary/aromatic N) is 3. The molecule has 0 bridgehead atoms. The number of ether oxygens (including phenoxy) is 1. The highest BCUT2D eigenvalue weighted by atomic mass is 16.5. The summed E-state index contributed by atoms with van der Waals surface area (Å²) in [6.45, 7) is 3.45. The summed E-state index contributed by atoms with van der Waals surface area (Å²) in [5.74, 6) is 1.37. The summed E-state index contributed by atoms with van der Waals surface area (Å²) in [6.07, 6.45) is 3.69. The van der Waals surface area contributed by atoms with Gasteiger partial charge in [0.25, 0.3) is 0 Å². The van der Waals surface area contributed by atoms with Crippen molar-refractivity contribution in [2.75, 3.05) is 20.3 Å². The highest BCUT2D eigenvalue weighted by Crippen LogP contribution is 2.28. The third-order valence-corrected chi connectivity index (χ3v) is 3.65. The fourth-order valence-electron chi connectivity index (χ4n) is 2.92. The molecule has 0 radical (unpaired) electrons. The van der Waals surface area contributed by atoms with Crippen LogP contribution in [0, 0.1) is 0 Å². The van der Waals surface area contributed by atoms with E-state index in [0.29, 0.717) is 5.92 Å². The zero-order valence-electron chi connectivity index (χ0n) is 11.4. The molecule has 0 spiro atoms. The van der Waals surface area contributed by atoms with E-state index in [0.717, 1.165) is 32.0 Å². The molecular formula is C14H19N3O2. The largest absolute Gasteiger partial charge is 0.468 e. The van der Waals surface area contributed by atoms with Gasteiger partial charge in [0.15, 0.2) is 0 Å². The molecule has 1 aliphatic heterocycles. The van der Waals surface area contributed by atoms with E-state index in [2.05, 4.69) is 10.00 Å². The fraction of sp³-hybridized carbons (Fsp3) is 0.500. The van der Waals surface area contributed by atoms with Crippen LogP contribution < -0.4 is 0 Å². The highest BCUT2D eigenvalue weighted by Gasteiger charge is 2.28. The summed E-state index contributed by atoms with van der Waals surface area (Å²) >= 11 is 0. The summed E-state index contributed by atoms with van der Waals surface area (Å²) in [6, 6.07) is 3.95. The van der Waals surface area contributed by atoms with E-state index in [4.69, 9.17) is 9.15 Å². The van der Waals surface area contributed by atoms with Crippen LogP contribution in [0.3, 0.4) is 0 Å². The van der Waals surface area contributed by atoms with E-state index in [1.807, 2.05) is 30.1 Å². The smallest absolute Gasteiger partial charge is 0.117 e. The van der Waals surface area contributed by atoms with E-state index in [1.54, 1.807) is 13.4 Å². The lowest BCUT2D eigenvalue weighted by Crippen LogP contribution is -2.35. The van der Waals surface area contributed by atoms with Gasteiger partial charge in [0.05, 0.1) is 25.6 Å². The molecule has 102 valence electrons. The van der Waals surface area contributed by atoms with E-state index in [1.165, 1.54) is 11.3 Å². The average Bonchev–Trinajstić information content (AvgIpc) is 3.00. The minimum Gasteiger partial charge on any atom is -0.468 e. The SMILES string of the molecule is COC[C@H]1CN(Cc2ccco2)Cc2cnn(C)c21. The first-order valence-corrected chi connectivity index (χ1v) is 6.52. The molecule has 0 aromatic carbocycles. The molecule has 1 atom stereocenters. The van der Waals surface area contributed by atoms with Crippen molar-refractivity contribution < 1.29 is 9.15 Å². The van der Waals surface area contributed by atoms with Crippen molar-refractivity contribution in [3.63, 3.8) is 0 Å². The Labute approximate surface area is 112 Å². The van der Waals surface area contributed by atoms with Crippen LogP contribution in [-0.4, -0.2) is 34.9 Å². The van der Waals surface area contributed by atoms with Crippen molar-refractivity contribution in [1.29, 1.82) is 0 Å². The number of methoxy groups -OCH3 is 1. The second-order valence-corrected chi connectivity index (χ2v) is 5.08. The van der Waals surface area contributed by atoms with Gasteiger partial charge in [-0.15, -0.1) is 0 Å². The summed E-state index contributed by atoms with van der Waals surface area (Å²) in [7, 11) is 3.76. The van der Waals surface area contributed by atoms with E-state index < -0.39 is 0 Å². The third kappa shape index (κ3) is 2.43. The second-order valence-electron chi connectivity index (χ2n) is 5.08. The normalized spacial score (nSPS) is 19.6. The van der Waals surface area contributed by atoms with Gasteiger partial charge < -0.3 is 9.15 Å². The van der Waals surface area contributed by atoms with Crippen LogP contribution >= 0.6 is 0 Å². The molecule has 0 aliphatic carbocycles. The van der Waals surface area contributed by atoms with Crippen molar-refractivity contribution in [1.82, 2.24) is 14.7 Å². The zero-order chi connectivity index (χ0) is 13.2. The van der Waals surface area contributed by atoms with Gasteiger partial charge in [-0.1, -0.05) is 0 Å². The first kappa shape index (κ1) is 12.4. The van der Waals surface area contributed by atoms with E-state index in [9.17, 15) is 0 Å². The maximum absolute atomic E-state index is 5.43. The lowest BCUT2D eigenvalue weighted by atomic mass is 9.97. The van der Waals surface area contributed by atoms with Crippen LogP contribution in [-0.2, 0) is 24.9 Å². The van der Waals surface area contributed by atoms with Gasteiger partial charge in [0, 0.05) is 44.4 Å². The molecule has 3 heterocycles. The number of rotatable bonds is 4. The molecule has 1 aliphatic rings. The Balaban J connectivity index is 1.80. The molecule has 0 saturated heterocycles. The van der Waals surface area contributed by atoms with E-state index >= 15 is 0 Å². The van der Waals surface area contributed by atoms with Crippen molar-refractivity contribution in [3.05, 3.63) is 41.6 Å². The summed E-state index contributed by atoms with van der Waals surface area (Å²) < 4.78 is 12.8. The van der Waals surface area contributed by atoms with Gasteiger partial charge in [-0.05, 0) is 12.1 Å². The van der Waals surface area contributed by atoms with Crippen LogP contribution in [0.15, 0.2) is 29.0 Å². The topological polar surface area (TPSA) is 43.4 Å². The number of fused-ring (bicyclic) bond motifs is 1. The van der Waals surface area contributed by atoms with Gasteiger partial charge in [-0.2, -0.15) is 5.10 Å². The molecule has 19 heavy (non-hydrogen) atoms. The van der Waals surface area contributed by atoms with E-state index in [-0.39, 0.29) is 0 Å². The van der Waals surface area contributed by atoms with Gasteiger partial charge in [0.1, 0.15) is 5.76 Å². The molecule has 0 amide bonds. The molecule has 5 heteroatoms. The number of furan rings is 1. The Hall–Kier alpha value is -1.59. The van der Waals surface area contributed by atoms with Crippen LogP contribution in [0.5, 0.6) is 0 Å². The predicted molar refractivity (Wildman–Crippen MR) is 70.6 cm³/mol. The zero-order valence-corrected chi connectivity index (χ0v) is 11.4. The Kier molecular flexibility index (Phi) is 3.40. The van der Waals surface area contributed by atoms with Gasteiger partial charge in [-0.3, -0.25) is 9.58 Å². The lowest BCUT2D eigenvalue weighted by Gasteiger charge is -2.32. The summed E-state index contributed by atoms with van der Waals surface area (Å²) in [5.41, 5.74) is 2.60. The quantitative estimate of drug-likeness (QED) is 0.841. The Morgan fingerprint density at radius 3 is 3.16 bits per heavy atom. The maximum Gasteiger partial charge on any atom is 0.117 e. The van der Waals surface area contributed by atoms with Crippen LogP contribution in [0.1, 0.15) is 22.9 Å². The predicted octanol–water partition coefficient (Wildman–Crippen LogP) is 1.76. The minimum absolute atomic E-state index is 0.371. The molecule has 0 fully saturated rings. The van der Waals surface area contributed by atoms with Crippen molar-refractivity contribution in [3.8, 4) is 0 Å². The van der Waals surface area contributed by atoms with Crippen LogP contribution in [0.25, 0.3) is 0 Å². The third-order valence-electron chi connectivity index (χ3n) is 3.65. The molecule has 0 saturated carbocycles. The second kappa shape index (κ2) is 5.19. The first-order chi connectivity index (χ1) is 9.28. The minimum atomic E-state index is 0.371. The molecule has 2 aromatic heterocycles. The summed E-state index contributed by atoms with van der Waals surface area (Å²) in [4.78, 5) is 2.38. The van der Waals surface area contributed by atoms with Crippen molar-refractivity contribution >= 4 is 0 Å². The average molecular weight is 261 g/mol. The first-order valence-electron chi connectivity index (χ1n) is 6.52.